The van der Waals surface area contributed by atoms with E-state index in [9.17, 15) is 10.1 Å². The third-order valence-corrected chi connectivity index (χ3v) is 6.61. The van der Waals surface area contributed by atoms with Gasteiger partial charge >= 0.3 is 5.56 Å². The van der Waals surface area contributed by atoms with Crippen molar-refractivity contribution in [2.45, 2.75) is 20.4 Å². The van der Waals surface area contributed by atoms with E-state index < -0.39 is 0 Å². The molecule has 34 heavy (non-hydrogen) atoms. The fraction of sp³-hybridized carbons (Fsp3) is 0.138. The standard InChI is InChI=1S/C29H22N3O2/c1-3-34-21-12-14-25-26(15-21)32-28(31(25)17-20-10-8-19(16-30)9-11-20)23-6-4-5-22-18(2)7-13-24(27(22)23)29(32)33/h4-15H,3,17H2,1-2H3/q+1. The Morgan fingerprint density at radius 2 is 1.76 bits per heavy atom. The monoisotopic (exact) mass is 444 g/mol. The molecule has 0 radical (unpaired) electrons. The van der Waals surface area contributed by atoms with Gasteiger partial charge in [0.25, 0.3) is 5.65 Å². The molecule has 6 aromatic rings. The van der Waals surface area contributed by atoms with Gasteiger partial charge in [-0.05, 0) is 66.8 Å². The first-order chi connectivity index (χ1) is 16.6. The molecule has 0 aliphatic carbocycles. The second kappa shape index (κ2) is 7.57. The quantitative estimate of drug-likeness (QED) is 0.355. The molecule has 0 unspecified atom stereocenters. The minimum atomic E-state index is -0.0315. The lowest BCUT2D eigenvalue weighted by atomic mass is 9.99. The van der Waals surface area contributed by atoms with Crippen molar-refractivity contribution in [3.63, 3.8) is 0 Å². The van der Waals surface area contributed by atoms with Gasteiger partial charge in [0.05, 0.1) is 29.0 Å². The highest BCUT2D eigenvalue weighted by atomic mass is 16.5. The van der Waals surface area contributed by atoms with Gasteiger partial charge in [0.1, 0.15) is 12.3 Å². The maximum absolute atomic E-state index is 13.9. The first-order valence-electron chi connectivity index (χ1n) is 11.4. The van der Waals surface area contributed by atoms with Gasteiger partial charge in [-0.3, -0.25) is 0 Å². The fourth-order valence-corrected chi connectivity index (χ4v) is 5.05. The minimum Gasteiger partial charge on any atom is -0.494 e. The van der Waals surface area contributed by atoms with Gasteiger partial charge in [-0.2, -0.15) is 9.66 Å². The number of pyridine rings is 1. The lowest BCUT2D eigenvalue weighted by Gasteiger charge is -2.08. The summed E-state index contributed by atoms with van der Waals surface area (Å²) in [5.74, 6) is 0.738. The minimum absolute atomic E-state index is 0.0315. The summed E-state index contributed by atoms with van der Waals surface area (Å²) in [5.41, 5.74) is 5.44. The predicted octanol–water partition coefficient (Wildman–Crippen LogP) is 5.11. The van der Waals surface area contributed by atoms with E-state index in [-0.39, 0.29) is 5.56 Å². The van der Waals surface area contributed by atoms with Gasteiger partial charge in [0.15, 0.2) is 11.0 Å². The number of ether oxygens (including phenoxy) is 1. The maximum atomic E-state index is 13.9. The van der Waals surface area contributed by atoms with Crippen molar-refractivity contribution < 1.29 is 9.30 Å². The topological polar surface area (TPSA) is 58.4 Å². The van der Waals surface area contributed by atoms with Crippen LogP contribution < -0.4 is 14.9 Å². The van der Waals surface area contributed by atoms with Crippen molar-refractivity contribution in [1.29, 1.82) is 5.26 Å². The second-order valence-corrected chi connectivity index (χ2v) is 8.60. The van der Waals surface area contributed by atoms with Gasteiger partial charge < -0.3 is 4.74 Å². The average Bonchev–Trinajstić information content (AvgIpc) is 3.18. The number of aryl methyl sites for hydroxylation is 1. The molecule has 0 amide bonds. The second-order valence-electron chi connectivity index (χ2n) is 8.60. The summed E-state index contributed by atoms with van der Waals surface area (Å²) in [4.78, 5) is 13.9. The Bertz CT molecular complexity index is 1830. The van der Waals surface area contributed by atoms with Crippen molar-refractivity contribution >= 4 is 38.2 Å². The lowest BCUT2D eigenvalue weighted by molar-refractivity contribution is -0.635. The van der Waals surface area contributed by atoms with E-state index in [2.05, 4.69) is 35.8 Å². The third kappa shape index (κ3) is 2.85. The zero-order valence-corrected chi connectivity index (χ0v) is 19.0. The van der Waals surface area contributed by atoms with E-state index >= 15 is 0 Å². The zero-order chi connectivity index (χ0) is 23.4. The van der Waals surface area contributed by atoms with Crippen molar-refractivity contribution in [2.75, 3.05) is 6.61 Å². The number of benzene rings is 4. The average molecular weight is 445 g/mol. The molecule has 0 aliphatic rings. The van der Waals surface area contributed by atoms with Crippen molar-refractivity contribution in [3.8, 4) is 11.8 Å². The smallest absolute Gasteiger partial charge is 0.347 e. The van der Waals surface area contributed by atoms with Crippen LogP contribution >= 0.6 is 0 Å². The van der Waals surface area contributed by atoms with E-state index in [1.165, 1.54) is 0 Å². The number of aromatic nitrogens is 2. The summed E-state index contributed by atoms with van der Waals surface area (Å²) in [6.45, 7) is 5.16. The molecule has 2 aromatic heterocycles. The predicted molar refractivity (Wildman–Crippen MR) is 134 cm³/mol. The summed E-state index contributed by atoms with van der Waals surface area (Å²) in [5, 5.41) is 13.0. The summed E-state index contributed by atoms with van der Waals surface area (Å²) < 4.78 is 9.80. The Kier molecular flexibility index (Phi) is 4.50. The van der Waals surface area contributed by atoms with Crippen LogP contribution in [0.4, 0.5) is 0 Å². The van der Waals surface area contributed by atoms with Crippen molar-refractivity contribution in [2.24, 2.45) is 0 Å². The van der Waals surface area contributed by atoms with Crippen LogP contribution in [0.15, 0.2) is 77.6 Å². The first-order valence-corrected chi connectivity index (χ1v) is 11.4. The molecule has 0 atom stereocenters. The molecule has 0 bridgehead atoms. The highest BCUT2D eigenvalue weighted by Gasteiger charge is 2.27. The normalized spacial score (nSPS) is 11.6. The Morgan fingerprint density at radius 1 is 0.971 bits per heavy atom. The lowest BCUT2D eigenvalue weighted by Crippen LogP contribution is -2.35. The molecular formula is C29H22N3O2+. The highest BCUT2D eigenvalue weighted by Crippen LogP contribution is 2.31. The van der Waals surface area contributed by atoms with Crippen LogP contribution in [0.25, 0.3) is 38.2 Å². The largest absolute Gasteiger partial charge is 0.494 e. The SMILES string of the molecule is CCOc1ccc2c(c1)n1c(=O)c3ccc(C)c4cccc(c43)c1[n+]2Cc1ccc(C#N)cc1. The molecule has 4 aromatic carbocycles. The molecule has 5 nitrogen and oxygen atoms in total. The van der Waals surface area contributed by atoms with Crippen LogP contribution in [-0.2, 0) is 6.54 Å². The molecule has 5 heteroatoms. The number of hydrogen-bond donors (Lipinski definition) is 0. The van der Waals surface area contributed by atoms with E-state index in [1.54, 1.807) is 0 Å². The molecular weight excluding hydrogens is 422 g/mol. The van der Waals surface area contributed by atoms with Crippen LogP contribution in [0.3, 0.4) is 0 Å². The van der Waals surface area contributed by atoms with Crippen LogP contribution in [0.1, 0.15) is 23.6 Å². The fourth-order valence-electron chi connectivity index (χ4n) is 5.05. The number of nitriles is 1. The number of hydrogen-bond acceptors (Lipinski definition) is 3. The molecule has 0 N–H and O–H groups in total. The molecule has 164 valence electrons. The van der Waals surface area contributed by atoms with Crippen LogP contribution in [0.2, 0.25) is 0 Å². The van der Waals surface area contributed by atoms with E-state index in [1.807, 2.05) is 65.9 Å². The molecule has 0 aliphatic heterocycles. The van der Waals surface area contributed by atoms with Gasteiger partial charge in [-0.1, -0.05) is 30.3 Å². The molecule has 6 rings (SSSR count). The van der Waals surface area contributed by atoms with E-state index in [0.717, 1.165) is 49.7 Å². The number of nitrogens with zero attached hydrogens (tertiary/aromatic N) is 3. The van der Waals surface area contributed by atoms with Gasteiger partial charge in [0.2, 0.25) is 0 Å². The molecule has 0 saturated carbocycles. The maximum Gasteiger partial charge on any atom is 0.347 e. The number of fused-ring (bicyclic) bond motifs is 4. The van der Waals surface area contributed by atoms with Gasteiger partial charge in [-0.15, -0.1) is 0 Å². The molecule has 0 fully saturated rings. The summed E-state index contributed by atoms with van der Waals surface area (Å²) in [6, 6.07) is 25.9. The summed E-state index contributed by atoms with van der Waals surface area (Å²) in [7, 11) is 0. The van der Waals surface area contributed by atoms with Crippen molar-refractivity contribution in [3.05, 3.63) is 99.8 Å². The molecule has 0 spiro atoms. The number of imidazole rings is 1. The Labute approximate surface area is 196 Å². The Balaban J connectivity index is 1.78. The number of rotatable bonds is 4. The highest BCUT2D eigenvalue weighted by molar-refractivity contribution is 6.15. The first kappa shape index (κ1) is 20.2. The van der Waals surface area contributed by atoms with Crippen LogP contribution in [0.5, 0.6) is 5.75 Å². The third-order valence-electron chi connectivity index (χ3n) is 6.61. The summed E-state index contributed by atoms with van der Waals surface area (Å²) >= 11 is 0. The Hall–Kier alpha value is -4.43. The van der Waals surface area contributed by atoms with Gasteiger partial charge in [0, 0.05) is 11.5 Å². The van der Waals surface area contributed by atoms with Crippen LogP contribution in [-0.4, -0.2) is 11.0 Å². The van der Waals surface area contributed by atoms with Crippen molar-refractivity contribution in [1.82, 2.24) is 4.40 Å². The molecule has 0 saturated heterocycles. The molecule has 2 heterocycles. The summed E-state index contributed by atoms with van der Waals surface area (Å²) in [6.07, 6.45) is 0. The Morgan fingerprint density at radius 3 is 2.53 bits per heavy atom. The zero-order valence-electron chi connectivity index (χ0n) is 19.0. The van der Waals surface area contributed by atoms with Gasteiger partial charge in [-0.25, -0.2) is 9.36 Å². The van der Waals surface area contributed by atoms with E-state index in [4.69, 9.17) is 4.74 Å². The van der Waals surface area contributed by atoms with E-state index in [0.29, 0.717) is 24.1 Å². The van der Waals surface area contributed by atoms with Crippen LogP contribution in [0, 0.1) is 18.3 Å².